The molecule has 9 heteroatoms. The van der Waals surface area contributed by atoms with Crippen molar-refractivity contribution in [2.75, 3.05) is 11.4 Å². The third-order valence-corrected chi connectivity index (χ3v) is 8.28. The van der Waals surface area contributed by atoms with Crippen molar-refractivity contribution < 1.29 is 12.8 Å². The number of fused-ring (bicyclic) bond motifs is 1. The number of imidazole rings is 1. The molecule has 7 nitrogen and oxygen atoms in total. The van der Waals surface area contributed by atoms with Crippen LogP contribution in [0.25, 0.3) is 0 Å². The van der Waals surface area contributed by atoms with Crippen molar-refractivity contribution in [3.05, 3.63) is 114 Å². The molecule has 1 aromatic heterocycles. The summed E-state index contributed by atoms with van der Waals surface area (Å²) >= 11 is 0. The first-order valence-electron chi connectivity index (χ1n) is 11.5. The summed E-state index contributed by atoms with van der Waals surface area (Å²) in [4.78, 5) is 9.55. The number of halogens is 1. The molecule has 182 valence electrons. The number of aromatic nitrogens is 2. The largest absolute Gasteiger partial charge is 0.364 e. The highest BCUT2D eigenvalue weighted by molar-refractivity contribution is 7.89. The Morgan fingerprint density at radius 3 is 2.56 bits per heavy atom. The van der Waals surface area contributed by atoms with Gasteiger partial charge in [-0.3, -0.25) is 0 Å². The number of anilines is 1. The van der Waals surface area contributed by atoms with Crippen LogP contribution in [0.2, 0.25) is 0 Å². The third-order valence-electron chi connectivity index (χ3n) is 6.36. The molecular weight excluding hydrogens is 477 g/mol. The summed E-state index contributed by atoms with van der Waals surface area (Å²) in [5, 5.41) is 9.52. The highest BCUT2D eigenvalue weighted by atomic mass is 32.2. The molecule has 0 aliphatic carbocycles. The standard InChI is InChI=1S/C27H24FN5O2S/c28-23-9-6-20(7-10-23)13-25-18-32(17-24-15-30-19-31-24)27-11-8-21(14-29)12-22(27)16-33(25)36(34,35)26-4-2-1-3-5-26/h1-12,15,19,25H,13,16-18H2,(H,30,31)/t25-/m1/s1. The molecule has 0 saturated heterocycles. The molecule has 0 radical (unpaired) electrons. The van der Waals surface area contributed by atoms with Crippen molar-refractivity contribution in [2.24, 2.45) is 0 Å². The van der Waals surface area contributed by atoms with Gasteiger partial charge < -0.3 is 9.88 Å². The predicted molar refractivity (Wildman–Crippen MR) is 134 cm³/mol. The van der Waals surface area contributed by atoms with Gasteiger partial charge in [0.15, 0.2) is 0 Å². The fraction of sp³-hybridized carbons (Fsp3) is 0.185. The number of benzene rings is 3. The molecule has 0 amide bonds. The minimum Gasteiger partial charge on any atom is -0.364 e. The summed E-state index contributed by atoms with van der Waals surface area (Å²) in [6.07, 6.45) is 3.74. The second kappa shape index (κ2) is 9.93. The van der Waals surface area contributed by atoms with E-state index >= 15 is 0 Å². The van der Waals surface area contributed by atoms with Gasteiger partial charge in [-0.2, -0.15) is 9.57 Å². The molecule has 1 aliphatic rings. The molecule has 5 rings (SSSR count). The molecule has 0 bridgehead atoms. The number of hydrogen-bond acceptors (Lipinski definition) is 5. The quantitative estimate of drug-likeness (QED) is 0.427. The van der Waals surface area contributed by atoms with Gasteiger partial charge in [-0.15, -0.1) is 0 Å². The Bertz CT molecular complexity index is 1480. The van der Waals surface area contributed by atoms with Gasteiger partial charge in [0.05, 0.1) is 35.1 Å². The van der Waals surface area contributed by atoms with E-state index in [9.17, 15) is 18.1 Å². The zero-order chi connectivity index (χ0) is 25.1. The van der Waals surface area contributed by atoms with Crippen LogP contribution in [0.3, 0.4) is 0 Å². The lowest BCUT2D eigenvalue weighted by Gasteiger charge is -2.32. The maximum atomic E-state index is 13.9. The van der Waals surface area contributed by atoms with Gasteiger partial charge in [0.2, 0.25) is 10.0 Å². The lowest BCUT2D eigenvalue weighted by atomic mass is 10.1. The second-order valence-corrected chi connectivity index (χ2v) is 10.7. The van der Waals surface area contributed by atoms with Gasteiger partial charge in [-0.1, -0.05) is 30.3 Å². The summed E-state index contributed by atoms with van der Waals surface area (Å²) in [5.74, 6) is -0.342. The van der Waals surface area contributed by atoms with Crippen molar-refractivity contribution in [1.82, 2.24) is 14.3 Å². The van der Waals surface area contributed by atoms with Crippen LogP contribution in [0, 0.1) is 17.1 Å². The normalized spacial score (nSPS) is 16.2. The molecule has 0 saturated carbocycles. The van der Waals surface area contributed by atoms with E-state index in [0.717, 1.165) is 22.5 Å². The highest BCUT2D eigenvalue weighted by Crippen LogP contribution is 2.33. The maximum Gasteiger partial charge on any atom is 0.243 e. The van der Waals surface area contributed by atoms with Crippen LogP contribution in [0.15, 0.2) is 90.2 Å². The SMILES string of the molecule is N#Cc1ccc2c(c1)CN(S(=O)(=O)c1ccccc1)[C@H](Cc1ccc(F)cc1)CN2Cc1cnc[nH]1. The van der Waals surface area contributed by atoms with Crippen molar-refractivity contribution in [3.63, 3.8) is 0 Å². The van der Waals surface area contributed by atoms with Crippen molar-refractivity contribution in [3.8, 4) is 6.07 Å². The van der Waals surface area contributed by atoms with Gasteiger partial charge in [-0.25, -0.2) is 17.8 Å². The Balaban J connectivity index is 1.62. The number of nitrogens with zero attached hydrogens (tertiary/aromatic N) is 4. The lowest BCUT2D eigenvalue weighted by molar-refractivity contribution is 0.318. The molecule has 3 aromatic carbocycles. The Hall–Kier alpha value is -4.00. The number of nitrogens with one attached hydrogen (secondary N) is 1. The van der Waals surface area contributed by atoms with Crippen LogP contribution in [-0.4, -0.2) is 35.3 Å². The summed E-state index contributed by atoms with van der Waals surface area (Å²) in [7, 11) is -3.88. The first-order chi connectivity index (χ1) is 17.4. The third kappa shape index (κ3) is 4.87. The molecule has 0 fully saturated rings. The number of aromatic amines is 1. The van der Waals surface area contributed by atoms with E-state index in [0.29, 0.717) is 25.1 Å². The Kier molecular flexibility index (Phi) is 6.55. The molecule has 2 heterocycles. The van der Waals surface area contributed by atoms with Crippen LogP contribution in [-0.2, 0) is 29.5 Å². The first-order valence-corrected chi connectivity index (χ1v) is 12.9. The van der Waals surface area contributed by atoms with Gasteiger partial charge in [0, 0.05) is 31.0 Å². The number of sulfonamides is 1. The average Bonchev–Trinajstić information content (AvgIpc) is 3.36. The van der Waals surface area contributed by atoms with E-state index in [1.165, 1.54) is 16.4 Å². The fourth-order valence-electron chi connectivity index (χ4n) is 4.63. The topological polar surface area (TPSA) is 93.1 Å². The molecule has 4 aromatic rings. The van der Waals surface area contributed by atoms with Crippen LogP contribution in [0.1, 0.15) is 22.4 Å². The summed E-state index contributed by atoms with van der Waals surface area (Å²) < 4.78 is 43.0. The maximum absolute atomic E-state index is 13.9. The highest BCUT2D eigenvalue weighted by Gasteiger charge is 2.36. The van der Waals surface area contributed by atoms with E-state index in [1.807, 2.05) is 6.07 Å². The summed E-state index contributed by atoms with van der Waals surface area (Å²) in [6, 6.07) is 21.6. The van der Waals surface area contributed by atoms with Crippen molar-refractivity contribution in [2.45, 2.75) is 30.4 Å². The van der Waals surface area contributed by atoms with Crippen LogP contribution < -0.4 is 4.90 Å². The number of nitriles is 1. The van der Waals surface area contributed by atoms with E-state index in [4.69, 9.17) is 0 Å². The molecule has 36 heavy (non-hydrogen) atoms. The van der Waals surface area contributed by atoms with Crippen LogP contribution >= 0.6 is 0 Å². The number of rotatable bonds is 6. The van der Waals surface area contributed by atoms with Crippen molar-refractivity contribution in [1.29, 1.82) is 5.26 Å². The summed E-state index contributed by atoms with van der Waals surface area (Å²) in [6.45, 7) is 0.979. The van der Waals surface area contributed by atoms with Gasteiger partial charge >= 0.3 is 0 Å². The first kappa shape index (κ1) is 23.7. The summed E-state index contributed by atoms with van der Waals surface area (Å²) in [5.41, 5.74) is 3.78. The zero-order valence-electron chi connectivity index (χ0n) is 19.4. The number of H-pyrrole nitrogens is 1. The molecule has 0 spiro atoms. The van der Waals surface area contributed by atoms with E-state index in [2.05, 4.69) is 20.9 Å². The van der Waals surface area contributed by atoms with Crippen LogP contribution in [0.4, 0.5) is 10.1 Å². The predicted octanol–water partition coefficient (Wildman–Crippen LogP) is 4.24. The zero-order valence-corrected chi connectivity index (χ0v) is 20.2. The molecular formula is C27H24FN5O2S. The molecule has 1 N–H and O–H groups in total. The Labute approximate surface area is 209 Å². The molecule has 1 atom stereocenters. The van der Waals surface area contributed by atoms with Crippen molar-refractivity contribution >= 4 is 15.7 Å². The number of hydrogen-bond donors (Lipinski definition) is 1. The van der Waals surface area contributed by atoms with E-state index < -0.39 is 16.1 Å². The van der Waals surface area contributed by atoms with Gasteiger partial charge in [-0.05, 0) is 60.0 Å². The van der Waals surface area contributed by atoms with Gasteiger partial charge in [0.25, 0.3) is 0 Å². The molecule has 1 aliphatic heterocycles. The Morgan fingerprint density at radius 1 is 1.08 bits per heavy atom. The minimum absolute atomic E-state index is 0.105. The molecule has 0 unspecified atom stereocenters. The fourth-order valence-corrected chi connectivity index (χ4v) is 6.24. The monoisotopic (exact) mass is 501 g/mol. The van der Waals surface area contributed by atoms with Gasteiger partial charge in [0.1, 0.15) is 5.82 Å². The second-order valence-electron chi connectivity index (χ2n) is 8.76. The van der Waals surface area contributed by atoms with E-state index in [1.54, 1.807) is 67.1 Å². The van der Waals surface area contributed by atoms with Crippen LogP contribution in [0.5, 0.6) is 0 Å². The lowest BCUT2D eigenvalue weighted by Crippen LogP contribution is -2.45. The van der Waals surface area contributed by atoms with E-state index in [-0.39, 0.29) is 17.3 Å². The average molecular weight is 502 g/mol. The minimum atomic E-state index is -3.88. The smallest absolute Gasteiger partial charge is 0.243 e. The Morgan fingerprint density at radius 2 is 1.86 bits per heavy atom.